The van der Waals surface area contributed by atoms with Crippen molar-refractivity contribution in [1.29, 1.82) is 0 Å². The second kappa shape index (κ2) is 6.91. The SMILES string of the molecule is Cc1cccc(C)c1-c1c(C(C)C)cc(C(C)C)cc1C(C)C. The first-order valence-corrected chi connectivity index (χ1v) is 8.98. The second-order valence-corrected chi connectivity index (χ2v) is 7.81. The molecule has 0 bridgehead atoms. The van der Waals surface area contributed by atoms with Crippen molar-refractivity contribution in [2.24, 2.45) is 0 Å². The van der Waals surface area contributed by atoms with Gasteiger partial charge >= 0.3 is 0 Å². The number of aryl methyl sites for hydroxylation is 2. The summed E-state index contributed by atoms with van der Waals surface area (Å²) in [6, 6.07) is 11.5. The summed E-state index contributed by atoms with van der Waals surface area (Å²) in [6.07, 6.45) is 0. The smallest absolute Gasteiger partial charge is 0.0109 e. The summed E-state index contributed by atoms with van der Waals surface area (Å²) >= 11 is 0. The minimum atomic E-state index is 0.528. The van der Waals surface area contributed by atoms with Crippen LogP contribution >= 0.6 is 0 Å². The molecule has 2 rings (SSSR count). The molecule has 2 aromatic carbocycles. The fourth-order valence-corrected chi connectivity index (χ4v) is 3.45. The van der Waals surface area contributed by atoms with Gasteiger partial charge in [-0.05, 0) is 70.5 Å². The molecule has 2 aromatic rings. The zero-order valence-electron chi connectivity index (χ0n) is 16.1. The molecule has 0 heteroatoms. The van der Waals surface area contributed by atoms with Crippen molar-refractivity contribution in [3.05, 3.63) is 58.1 Å². The van der Waals surface area contributed by atoms with Crippen LogP contribution in [0.15, 0.2) is 30.3 Å². The Morgan fingerprint density at radius 3 is 1.39 bits per heavy atom. The highest BCUT2D eigenvalue weighted by Gasteiger charge is 2.20. The standard InChI is InChI=1S/C23H32/c1-14(2)19-12-20(15(3)4)23(21(13-19)16(5)6)22-17(7)10-9-11-18(22)8/h9-16H,1-8H3. The Morgan fingerprint density at radius 1 is 0.609 bits per heavy atom. The largest absolute Gasteiger partial charge is 0.0617 e. The van der Waals surface area contributed by atoms with Gasteiger partial charge in [-0.25, -0.2) is 0 Å². The highest BCUT2D eigenvalue weighted by atomic mass is 14.2. The number of hydrogen-bond donors (Lipinski definition) is 0. The van der Waals surface area contributed by atoms with E-state index in [0.29, 0.717) is 17.8 Å². The van der Waals surface area contributed by atoms with Crippen molar-refractivity contribution in [3.8, 4) is 11.1 Å². The molecule has 0 heterocycles. The van der Waals surface area contributed by atoms with E-state index in [1.807, 2.05) is 0 Å². The fraction of sp³-hybridized carbons (Fsp3) is 0.478. The van der Waals surface area contributed by atoms with Gasteiger partial charge < -0.3 is 0 Å². The Balaban J connectivity index is 2.90. The lowest BCUT2D eigenvalue weighted by Gasteiger charge is -2.25. The molecule has 0 unspecified atom stereocenters. The van der Waals surface area contributed by atoms with Crippen LogP contribution in [0.1, 0.15) is 87.1 Å². The van der Waals surface area contributed by atoms with E-state index in [1.165, 1.54) is 38.9 Å². The average Bonchev–Trinajstić information content (AvgIpc) is 2.46. The first-order chi connectivity index (χ1) is 10.7. The molecule has 124 valence electrons. The van der Waals surface area contributed by atoms with Crippen molar-refractivity contribution in [2.75, 3.05) is 0 Å². The van der Waals surface area contributed by atoms with Gasteiger partial charge in [0.15, 0.2) is 0 Å². The molecule has 0 aliphatic rings. The van der Waals surface area contributed by atoms with Crippen LogP contribution in [0, 0.1) is 13.8 Å². The molecule has 0 amide bonds. The molecule has 0 spiro atoms. The molecule has 0 aromatic heterocycles. The van der Waals surface area contributed by atoms with E-state index in [-0.39, 0.29) is 0 Å². The molecule has 0 nitrogen and oxygen atoms in total. The number of hydrogen-bond acceptors (Lipinski definition) is 0. The zero-order chi connectivity index (χ0) is 17.3. The minimum absolute atomic E-state index is 0.528. The van der Waals surface area contributed by atoms with Crippen LogP contribution in [-0.2, 0) is 0 Å². The second-order valence-electron chi connectivity index (χ2n) is 7.81. The molecule has 23 heavy (non-hydrogen) atoms. The van der Waals surface area contributed by atoms with Crippen molar-refractivity contribution in [3.63, 3.8) is 0 Å². The van der Waals surface area contributed by atoms with Crippen LogP contribution < -0.4 is 0 Å². The number of rotatable bonds is 4. The van der Waals surface area contributed by atoms with Gasteiger partial charge in [-0.15, -0.1) is 0 Å². The van der Waals surface area contributed by atoms with Crippen LogP contribution in [0.25, 0.3) is 11.1 Å². The van der Waals surface area contributed by atoms with Crippen LogP contribution in [-0.4, -0.2) is 0 Å². The molecule has 0 saturated carbocycles. The molecule has 0 aliphatic carbocycles. The Hall–Kier alpha value is -1.56. The van der Waals surface area contributed by atoms with Crippen molar-refractivity contribution >= 4 is 0 Å². The van der Waals surface area contributed by atoms with Crippen molar-refractivity contribution in [1.82, 2.24) is 0 Å². The lowest BCUT2D eigenvalue weighted by molar-refractivity contribution is 0.807. The monoisotopic (exact) mass is 308 g/mol. The summed E-state index contributed by atoms with van der Waals surface area (Å²) in [6.45, 7) is 18.4. The summed E-state index contributed by atoms with van der Waals surface area (Å²) in [5.41, 5.74) is 10.1. The fourth-order valence-electron chi connectivity index (χ4n) is 3.45. The number of benzene rings is 2. The Kier molecular flexibility index (Phi) is 5.34. The molecule has 0 aliphatic heterocycles. The first kappa shape index (κ1) is 17.8. The summed E-state index contributed by atoms with van der Waals surface area (Å²) in [5.74, 6) is 1.62. The third-order valence-corrected chi connectivity index (χ3v) is 4.86. The van der Waals surface area contributed by atoms with Gasteiger partial charge in [-0.3, -0.25) is 0 Å². The van der Waals surface area contributed by atoms with Gasteiger partial charge in [0.2, 0.25) is 0 Å². The van der Waals surface area contributed by atoms with Gasteiger partial charge in [-0.2, -0.15) is 0 Å². The van der Waals surface area contributed by atoms with E-state index in [1.54, 1.807) is 0 Å². The molecule has 0 radical (unpaired) electrons. The highest BCUT2D eigenvalue weighted by Crippen LogP contribution is 2.41. The molecular formula is C23H32. The van der Waals surface area contributed by atoms with Crippen LogP contribution in [0.4, 0.5) is 0 Å². The Morgan fingerprint density at radius 2 is 1.04 bits per heavy atom. The molecule has 0 N–H and O–H groups in total. The molecule has 0 saturated heterocycles. The van der Waals surface area contributed by atoms with Crippen molar-refractivity contribution in [2.45, 2.75) is 73.1 Å². The highest BCUT2D eigenvalue weighted by molar-refractivity contribution is 5.78. The summed E-state index contributed by atoms with van der Waals surface area (Å²) in [5, 5.41) is 0. The maximum absolute atomic E-state index is 2.45. The summed E-state index contributed by atoms with van der Waals surface area (Å²) in [7, 11) is 0. The maximum Gasteiger partial charge on any atom is -0.0109 e. The van der Waals surface area contributed by atoms with Gasteiger partial charge in [0.05, 0.1) is 0 Å². The van der Waals surface area contributed by atoms with Crippen LogP contribution in [0.3, 0.4) is 0 Å². The molecule has 0 fully saturated rings. The van der Waals surface area contributed by atoms with E-state index in [9.17, 15) is 0 Å². The zero-order valence-corrected chi connectivity index (χ0v) is 16.1. The van der Waals surface area contributed by atoms with Gasteiger partial charge in [-0.1, -0.05) is 71.9 Å². The Bertz CT molecular complexity index is 638. The minimum Gasteiger partial charge on any atom is -0.0617 e. The van der Waals surface area contributed by atoms with E-state index in [2.05, 4.69) is 85.7 Å². The van der Waals surface area contributed by atoms with Crippen LogP contribution in [0.5, 0.6) is 0 Å². The third kappa shape index (κ3) is 3.52. The Labute approximate surface area is 143 Å². The average molecular weight is 309 g/mol. The van der Waals surface area contributed by atoms with Crippen LogP contribution in [0.2, 0.25) is 0 Å². The molecular weight excluding hydrogens is 276 g/mol. The third-order valence-electron chi connectivity index (χ3n) is 4.86. The van der Waals surface area contributed by atoms with Crippen molar-refractivity contribution < 1.29 is 0 Å². The first-order valence-electron chi connectivity index (χ1n) is 8.98. The normalized spacial score (nSPS) is 11.8. The van der Waals surface area contributed by atoms with E-state index < -0.39 is 0 Å². The predicted molar refractivity (Wildman–Crippen MR) is 104 cm³/mol. The summed E-state index contributed by atoms with van der Waals surface area (Å²) < 4.78 is 0. The van der Waals surface area contributed by atoms with Gasteiger partial charge in [0.1, 0.15) is 0 Å². The quantitative estimate of drug-likeness (QED) is 0.554. The topological polar surface area (TPSA) is 0 Å². The molecule has 0 atom stereocenters. The van der Waals surface area contributed by atoms with Gasteiger partial charge in [0, 0.05) is 0 Å². The maximum atomic E-state index is 2.45. The van der Waals surface area contributed by atoms with E-state index in [0.717, 1.165) is 0 Å². The summed E-state index contributed by atoms with van der Waals surface area (Å²) in [4.78, 5) is 0. The lowest BCUT2D eigenvalue weighted by Crippen LogP contribution is -2.05. The van der Waals surface area contributed by atoms with Gasteiger partial charge in [0.25, 0.3) is 0 Å². The van der Waals surface area contributed by atoms with E-state index in [4.69, 9.17) is 0 Å². The lowest BCUT2D eigenvalue weighted by atomic mass is 9.79. The van der Waals surface area contributed by atoms with E-state index >= 15 is 0 Å². The predicted octanol–water partition coefficient (Wildman–Crippen LogP) is 7.34.